The molecule has 0 unspecified atom stereocenters. The van der Waals surface area contributed by atoms with Crippen molar-refractivity contribution in [1.29, 1.82) is 0 Å². The van der Waals surface area contributed by atoms with Crippen molar-refractivity contribution in [3.63, 3.8) is 0 Å². The Balaban J connectivity index is 1.67. The lowest BCUT2D eigenvalue weighted by Crippen LogP contribution is -2.37. The number of thiol groups is 1. The molecule has 0 aliphatic carbocycles. The molecule has 2 aromatic carbocycles. The number of rotatable bonds is 9. The van der Waals surface area contributed by atoms with Crippen LogP contribution >= 0.6 is 24.4 Å². The van der Waals surface area contributed by atoms with E-state index in [9.17, 15) is 4.79 Å². The van der Waals surface area contributed by atoms with Gasteiger partial charge >= 0.3 is 6.09 Å². The molecule has 0 fully saturated rings. The first-order valence-corrected chi connectivity index (χ1v) is 10.0. The number of hydrogen-bond donors (Lipinski definition) is 3. The second-order valence-electron chi connectivity index (χ2n) is 6.55. The fraction of sp³-hybridized carbons (Fsp3) is 0.350. The molecule has 1 amide bonds. The fourth-order valence-corrected chi connectivity index (χ4v) is 3.11. The molecule has 0 bridgehead atoms. The summed E-state index contributed by atoms with van der Waals surface area (Å²) in [6.07, 6.45) is -0.441. The molecule has 26 heavy (non-hydrogen) atoms. The van der Waals surface area contributed by atoms with Gasteiger partial charge in [-0.3, -0.25) is 0 Å². The number of carbonyl (C=O) groups is 1. The molecule has 0 atom stereocenters. The molecule has 0 aliphatic heterocycles. The van der Waals surface area contributed by atoms with Crippen LogP contribution in [-0.4, -0.2) is 30.5 Å². The molecule has 140 valence electrons. The molecule has 6 heteroatoms. The third-order valence-corrected chi connectivity index (χ3v) is 4.65. The number of nitrogens with one attached hydrogen (secondary N) is 2. The van der Waals surface area contributed by atoms with E-state index in [0.29, 0.717) is 18.8 Å². The van der Waals surface area contributed by atoms with Gasteiger partial charge in [0.15, 0.2) is 0 Å². The molecular weight excluding hydrogens is 364 g/mol. The summed E-state index contributed by atoms with van der Waals surface area (Å²) in [7, 11) is 0. The summed E-state index contributed by atoms with van der Waals surface area (Å²) in [5, 5.41) is 5.96. The van der Waals surface area contributed by atoms with Crippen molar-refractivity contribution in [2.75, 3.05) is 19.6 Å². The van der Waals surface area contributed by atoms with Gasteiger partial charge in [0.1, 0.15) is 5.75 Å². The van der Waals surface area contributed by atoms with Crippen LogP contribution in [0.15, 0.2) is 59.5 Å². The van der Waals surface area contributed by atoms with E-state index in [2.05, 4.69) is 35.4 Å². The first kappa shape index (κ1) is 20.7. The van der Waals surface area contributed by atoms with Gasteiger partial charge in [0.2, 0.25) is 0 Å². The lowest BCUT2D eigenvalue weighted by Gasteiger charge is -2.17. The van der Waals surface area contributed by atoms with Gasteiger partial charge in [-0.15, -0.1) is 11.8 Å². The number of thioether (sulfide) groups is 1. The van der Waals surface area contributed by atoms with Crippen molar-refractivity contribution < 1.29 is 9.53 Å². The highest BCUT2D eigenvalue weighted by molar-refractivity contribution is 7.98. The summed E-state index contributed by atoms with van der Waals surface area (Å²) in [4.78, 5) is 13.0. The van der Waals surface area contributed by atoms with Gasteiger partial charge < -0.3 is 15.4 Å². The Morgan fingerprint density at radius 2 is 1.77 bits per heavy atom. The molecular formula is C20H26N2O2S2. The highest BCUT2D eigenvalue weighted by Crippen LogP contribution is 2.23. The summed E-state index contributed by atoms with van der Waals surface area (Å²) in [6.45, 7) is 6.03. The average molecular weight is 391 g/mol. The van der Waals surface area contributed by atoms with Crippen LogP contribution in [0.3, 0.4) is 0 Å². The normalized spacial score (nSPS) is 11.2. The Morgan fingerprint density at radius 3 is 2.42 bits per heavy atom. The van der Waals surface area contributed by atoms with Gasteiger partial charge in [-0.1, -0.05) is 30.3 Å². The minimum absolute atomic E-state index is 0.0684. The largest absolute Gasteiger partial charge is 0.412 e. The molecule has 0 heterocycles. The molecule has 0 spiro atoms. The minimum Gasteiger partial charge on any atom is -0.410 e. The molecule has 2 N–H and O–H groups in total. The van der Waals surface area contributed by atoms with E-state index >= 15 is 0 Å². The van der Waals surface area contributed by atoms with Crippen LogP contribution in [0.5, 0.6) is 5.75 Å². The average Bonchev–Trinajstić information content (AvgIpc) is 2.61. The molecule has 0 aromatic heterocycles. The number of amides is 1. The Labute approximate surface area is 165 Å². The Bertz CT molecular complexity index is 670. The zero-order valence-electron chi connectivity index (χ0n) is 15.2. The molecule has 0 saturated heterocycles. The van der Waals surface area contributed by atoms with Crippen LogP contribution in [-0.2, 0) is 5.75 Å². The zero-order valence-corrected chi connectivity index (χ0v) is 16.9. The van der Waals surface area contributed by atoms with Crippen LogP contribution in [0.4, 0.5) is 4.79 Å². The van der Waals surface area contributed by atoms with E-state index in [4.69, 9.17) is 4.74 Å². The van der Waals surface area contributed by atoms with Crippen LogP contribution in [0, 0.1) is 0 Å². The Morgan fingerprint density at radius 1 is 1.08 bits per heavy atom. The zero-order chi connectivity index (χ0) is 18.8. The lowest BCUT2D eigenvalue weighted by molar-refractivity contribution is 0.200. The molecule has 2 rings (SSSR count). The van der Waals surface area contributed by atoms with Gasteiger partial charge in [0.25, 0.3) is 0 Å². The first-order chi connectivity index (χ1) is 12.4. The topological polar surface area (TPSA) is 50.4 Å². The van der Waals surface area contributed by atoms with E-state index in [0.717, 1.165) is 12.3 Å². The minimum atomic E-state index is -0.441. The van der Waals surface area contributed by atoms with Crippen LogP contribution < -0.4 is 15.4 Å². The highest BCUT2D eigenvalue weighted by atomic mass is 32.2. The monoisotopic (exact) mass is 390 g/mol. The van der Waals surface area contributed by atoms with Crippen molar-refractivity contribution in [3.8, 4) is 5.75 Å². The van der Waals surface area contributed by atoms with Gasteiger partial charge in [0.05, 0.1) is 0 Å². The van der Waals surface area contributed by atoms with Crippen molar-refractivity contribution in [3.05, 3.63) is 60.2 Å². The summed E-state index contributed by atoms with van der Waals surface area (Å²) >= 11 is 6.21. The number of carbonyl (C=O) groups excluding carboxylic acids is 1. The van der Waals surface area contributed by atoms with Gasteiger partial charge in [0, 0.05) is 35.0 Å². The fourth-order valence-electron chi connectivity index (χ4n) is 2.13. The lowest BCUT2D eigenvalue weighted by atomic mass is 10.2. The number of benzene rings is 2. The Hall–Kier alpha value is -1.63. The van der Waals surface area contributed by atoms with E-state index in [1.165, 1.54) is 10.5 Å². The van der Waals surface area contributed by atoms with Gasteiger partial charge in [-0.25, -0.2) is 4.79 Å². The number of ether oxygens (including phenoxy) is 1. The maximum absolute atomic E-state index is 11.8. The third kappa shape index (κ3) is 8.65. The van der Waals surface area contributed by atoms with Crippen LogP contribution in [0.2, 0.25) is 0 Å². The quantitative estimate of drug-likeness (QED) is 0.338. The summed E-state index contributed by atoms with van der Waals surface area (Å²) in [5.41, 5.74) is 1.19. The second-order valence-corrected chi connectivity index (χ2v) is 8.81. The van der Waals surface area contributed by atoms with E-state index in [1.807, 2.05) is 56.3 Å². The Kier molecular flexibility index (Phi) is 8.35. The predicted molar refractivity (Wildman–Crippen MR) is 112 cm³/mol. The predicted octanol–water partition coefficient (Wildman–Crippen LogP) is 4.37. The summed E-state index contributed by atoms with van der Waals surface area (Å²) in [6, 6.07) is 17.9. The van der Waals surface area contributed by atoms with E-state index in [1.54, 1.807) is 11.8 Å². The van der Waals surface area contributed by atoms with Crippen molar-refractivity contribution in [2.24, 2.45) is 0 Å². The van der Waals surface area contributed by atoms with E-state index < -0.39 is 6.09 Å². The number of hydrogen-bond acceptors (Lipinski definition) is 5. The smallest absolute Gasteiger partial charge is 0.410 e. The molecule has 4 nitrogen and oxygen atoms in total. The van der Waals surface area contributed by atoms with Crippen LogP contribution in [0.1, 0.15) is 19.4 Å². The SMILES string of the molecule is CC(C)(S)CNCCNC(=O)Oc1ccc(CSc2ccccc2)cc1. The third-order valence-electron chi connectivity index (χ3n) is 3.41. The first-order valence-electron chi connectivity index (χ1n) is 8.58. The molecule has 0 aliphatic rings. The van der Waals surface area contributed by atoms with Crippen molar-refractivity contribution in [2.45, 2.75) is 29.2 Å². The molecule has 0 radical (unpaired) electrons. The van der Waals surface area contributed by atoms with E-state index in [-0.39, 0.29) is 4.75 Å². The van der Waals surface area contributed by atoms with Crippen LogP contribution in [0.25, 0.3) is 0 Å². The summed E-state index contributed by atoms with van der Waals surface area (Å²) < 4.78 is 5.21. The second kappa shape index (κ2) is 10.5. The van der Waals surface area contributed by atoms with Crippen molar-refractivity contribution in [1.82, 2.24) is 10.6 Å². The van der Waals surface area contributed by atoms with Gasteiger partial charge in [-0.2, -0.15) is 12.6 Å². The standard InChI is InChI=1S/C20H26N2O2S2/c1-20(2,25)15-21-12-13-22-19(23)24-17-10-8-16(9-11-17)14-26-18-6-4-3-5-7-18/h3-11,21,25H,12-15H2,1-2H3,(H,22,23). The summed E-state index contributed by atoms with van der Waals surface area (Å²) in [5.74, 6) is 1.42. The molecule has 0 saturated carbocycles. The van der Waals surface area contributed by atoms with Gasteiger partial charge in [-0.05, 0) is 43.7 Å². The van der Waals surface area contributed by atoms with Crippen molar-refractivity contribution >= 4 is 30.5 Å². The molecule has 2 aromatic rings. The maximum atomic E-state index is 11.8. The maximum Gasteiger partial charge on any atom is 0.412 e. The highest BCUT2D eigenvalue weighted by Gasteiger charge is 2.10.